The van der Waals surface area contributed by atoms with Gasteiger partial charge in [0.25, 0.3) is 5.56 Å². The molecule has 0 saturated heterocycles. The lowest BCUT2D eigenvalue weighted by Crippen LogP contribution is -2.48. The van der Waals surface area contributed by atoms with Crippen LogP contribution in [0.15, 0.2) is 53.3 Å². The first-order chi connectivity index (χ1) is 20.6. The van der Waals surface area contributed by atoms with E-state index in [1.165, 1.54) is 0 Å². The number of hydrogen-bond acceptors (Lipinski definition) is 11. The van der Waals surface area contributed by atoms with Gasteiger partial charge in [0.05, 0.1) is 30.2 Å². The van der Waals surface area contributed by atoms with Crippen molar-refractivity contribution in [3.63, 3.8) is 0 Å². The fourth-order valence-electron chi connectivity index (χ4n) is 4.22. The second kappa shape index (κ2) is 18.3. The van der Waals surface area contributed by atoms with Crippen LogP contribution in [0, 0.1) is 0 Å². The van der Waals surface area contributed by atoms with E-state index in [1.807, 2.05) is 37.3 Å². The molecule has 0 radical (unpaired) electrons. The molecule has 1 aromatic heterocycles. The number of benzene rings is 2. The van der Waals surface area contributed by atoms with E-state index in [2.05, 4.69) is 10.3 Å². The summed E-state index contributed by atoms with van der Waals surface area (Å²) in [5.74, 6) is 0.411. The molecule has 4 unspecified atom stereocenters. The molecule has 2 aromatic carbocycles. The molecule has 0 aliphatic heterocycles. The lowest BCUT2D eigenvalue weighted by molar-refractivity contribution is -0.149. The number of aryl methyl sites for hydroxylation is 1. The zero-order chi connectivity index (χ0) is 31.9. The van der Waals surface area contributed by atoms with Crippen LogP contribution in [0.25, 0.3) is 10.9 Å². The van der Waals surface area contributed by atoms with E-state index < -0.39 is 43.1 Å². The number of aliphatic hydroxyl groups is 5. The molecule has 3 rings (SSSR count). The SMILES string of the molecule is CCO[C@H](Cc1ccc(OCCn2c(CC)nc3ccccc3c2=O)cc1)C(=O)O.CNCC(O)C(O)C(O)C(O)CO. The van der Waals surface area contributed by atoms with Crippen LogP contribution in [0.2, 0.25) is 0 Å². The fraction of sp³-hybridized carbons (Fsp3) is 0.500. The molecule has 7 N–H and O–H groups in total. The van der Waals surface area contributed by atoms with Crippen LogP contribution < -0.4 is 15.6 Å². The minimum Gasteiger partial charge on any atom is -0.492 e. The van der Waals surface area contributed by atoms with Gasteiger partial charge in [-0.05, 0) is 43.8 Å². The Labute approximate surface area is 250 Å². The molecule has 1 heterocycles. The Morgan fingerprint density at radius 1 is 1.00 bits per heavy atom. The number of carboxylic acids is 1. The highest BCUT2D eigenvalue weighted by Gasteiger charge is 2.29. The topological polar surface area (TPSA) is 204 Å². The predicted octanol–water partition coefficient (Wildman–Crippen LogP) is -0.288. The molecule has 3 aromatic rings. The van der Waals surface area contributed by atoms with Gasteiger partial charge in [-0.1, -0.05) is 31.2 Å². The largest absolute Gasteiger partial charge is 0.492 e. The number of aromatic nitrogens is 2. The highest BCUT2D eigenvalue weighted by Crippen LogP contribution is 2.15. The summed E-state index contributed by atoms with van der Waals surface area (Å²) in [6.07, 6.45) is -5.56. The molecule has 13 heteroatoms. The first kappa shape index (κ1) is 35.8. The molecule has 0 saturated carbocycles. The van der Waals surface area contributed by atoms with Gasteiger partial charge in [0, 0.05) is 26.0 Å². The standard InChI is InChI=1S/C23H26N2O5.C7H17NO5/c1-3-21-24-19-8-6-5-7-18(19)22(26)25(21)13-14-30-17-11-9-16(10-12-17)15-20(23(27)28)29-4-2;1-8-2-4(10)6(12)7(13)5(11)3-9/h5-12,20H,3-4,13-15H2,1-2H3,(H,27,28);4-13H,2-3H2,1H3/t20-;/m1./s1. The van der Waals surface area contributed by atoms with Gasteiger partial charge in [-0.2, -0.15) is 0 Å². The summed E-state index contributed by atoms with van der Waals surface area (Å²) >= 11 is 0. The van der Waals surface area contributed by atoms with E-state index in [1.54, 1.807) is 36.7 Å². The molecule has 13 nitrogen and oxygen atoms in total. The van der Waals surface area contributed by atoms with E-state index >= 15 is 0 Å². The number of carbonyl (C=O) groups is 1. The Morgan fingerprint density at radius 3 is 2.23 bits per heavy atom. The number of fused-ring (bicyclic) bond motifs is 1. The molecule has 5 atom stereocenters. The van der Waals surface area contributed by atoms with Crippen molar-refractivity contribution in [3.8, 4) is 5.75 Å². The summed E-state index contributed by atoms with van der Waals surface area (Å²) in [4.78, 5) is 28.6. The number of aliphatic carboxylic acids is 1. The minimum absolute atomic E-state index is 0.0629. The van der Waals surface area contributed by atoms with Gasteiger partial charge in [0.1, 0.15) is 36.5 Å². The summed E-state index contributed by atoms with van der Waals surface area (Å²) in [6.45, 7) is 4.24. The quantitative estimate of drug-likeness (QED) is 0.113. The smallest absolute Gasteiger partial charge is 0.333 e. The first-order valence-electron chi connectivity index (χ1n) is 14.1. The van der Waals surface area contributed by atoms with Gasteiger partial charge in [-0.15, -0.1) is 0 Å². The lowest BCUT2D eigenvalue weighted by atomic mass is 10.0. The number of rotatable bonds is 16. The van der Waals surface area contributed by atoms with Gasteiger partial charge in [0.15, 0.2) is 6.10 Å². The van der Waals surface area contributed by atoms with E-state index in [0.717, 1.165) is 11.4 Å². The van der Waals surface area contributed by atoms with Crippen molar-refractivity contribution < 1.29 is 44.9 Å². The molecule has 0 bridgehead atoms. The molecule has 0 fully saturated rings. The third kappa shape index (κ3) is 10.7. The summed E-state index contributed by atoms with van der Waals surface area (Å²) in [6, 6.07) is 14.6. The van der Waals surface area contributed by atoms with Crippen molar-refractivity contribution in [1.29, 1.82) is 0 Å². The van der Waals surface area contributed by atoms with Crippen LogP contribution in [0.3, 0.4) is 0 Å². The number of likely N-dealkylation sites (N-methyl/N-ethyl adjacent to an activating group) is 1. The highest BCUT2D eigenvalue weighted by atomic mass is 16.5. The normalized spacial score (nSPS) is 14.7. The van der Waals surface area contributed by atoms with Gasteiger partial charge in [-0.3, -0.25) is 9.36 Å². The van der Waals surface area contributed by atoms with Crippen molar-refractivity contribution in [2.24, 2.45) is 0 Å². The van der Waals surface area contributed by atoms with Crippen LogP contribution in [0.4, 0.5) is 0 Å². The highest BCUT2D eigenvalue weighted by molar-refractivity contribution is 5.77. The zero-order valence-electron chi connectivity index (χ0n) is 24.7. The summed E-state index contributed by atoms with van der Waals surface area (Å²) in [5, 5.41) is 57.3. The van der Waals surface area contributed by atoms with E-state index in [4.69, 9.17) is 29.9 Å². The maximum Gasteiger partial charge on any atom is 0.333 e. The number of nitrogens with one attached hydrogen (secondary N) is 1. The second-order valence-corrected chi connectivity index (χ2v) is 9.69. The summed E-state index contributed by atoms with van der Waals surface area (Å²) < 4.78 is 12.7. The predicted molar refractivity (Wildman–Crippen MR) is 159 cm³/mol. The van der Waals surface area contributed by atoms with E-state index in [0.29, 0.717) is 49.3 Å². The van der Waals surface area contributed by atoms with Crippen LogP contribution in [-0.4, -0.2) is 110 Å². The van der Waals surface area contributed by atoms with Crippen LogP contribution in [0.5, 0.6) is 5.75 Å². The Kier molecular flexibility index (Phi) is 15.2. The number of aliphatic hydroxyl groups excluding tert-OH is 5. The Morgan fingerprint density at radius 2 is 1.65 bits per heavy atom. The van der Waals surface area contributed by atoms with Gasteiger partial charge < -0.3 is 45.4 Å². The van der Waals surface area contributed by atoms with Crippen molar-refractivity contribution in [1.82, 2.24) is 14.9 Å². The zero-order valence-corrected chi connectivity index (χ0v) is 24.7. The monoisotopic (exact) mass is 605 g/mol. The average Bonchev–Trinajstić information content (AvgIpc) is 3.01. The third-order valence-electron chi connectivity index (χ3n) is 6.57. The third-order valence-corrected chi connectivity index (χ3v) is 6.57. The molecule has 238 valence electrons. The van der Waals surface area contributed by atoms with Gasteiger partial charge in [-0.25, -0.2) is 9.78 Å². The van der Waals surface area contributed by atoms with Crippen molar-refractivity contribution in [3.05, 3.63) is 70.3 Å². The Balaban J connectivity index is 0.000000420. The van der Waals surface area contributed by atoms with Crippen LogP contribution in [-0.2, 0) is 28.9 Å². The minimum atomic E-state index is -1.55. The van der Waals surface area contributed by atoms with Crippen LogP contribution in [0.1, 0.15) is 25.2 Å². The Hall–Kier alpha value is -3.43. The van der Waals surface area contributed by atoms with Crippen LogP contribution >= 0.6 is 0 Å². The number of ether oxygens (including phenoxy) is 2. The van der Waals surface area contributed by atoms with Crippen molar-refractivity contribution in [2.75, 3.05) is 33.4 Å². The van der Waals surface area contributed by atoms with Crippen molar-refractivity contribution in [2.45, 2.75) is 63.8 Å². The Bertz CT molecular complexity index is 1320. The molecular formula is C30H43N3O10. The molecule has 0 aliphatic rings. The number of nitrogens with zero attached hydrogens (tertiary/aromatic N) is 2. The molecule has 43 heavy (non-hydrogen) atoms. The molecule has 0 amide bonds. The molecule has 0 spiro atoms. The number of carboxylic acid groups (broad SMARTS) is 1. The van der Waals surface area contributed by atoms with E-state index in [9.17, 15) is 19.8 Å². The molecule has 0 aliphatic carbocycles. The second-order valence-electron chi connectivity index (χ2n) is 9.69. The van der Waals surface area contributed by atoms with Gasteiger partial charge >= 0.3 is 5.97 Å². The van der Waals surface area contributed by atoms with E-state index in [-0.39, 0.29) is 12.1 Å². The number of hydrogen-bond donors (Lipinski definition) is 7. The maximum absolute atomic E-state index is 12.8. The maximum atomic E-state index is 12.8. The first-order valence-corrected chi connectivity index (χ1v) is 14.1. The fourth-order valence-corrected chi connectivity index (χ4v) is 4.22. The van der Waals surface area contributed by atoms with Gasteiger partial charge in [0.2, 0.25) is 0 Å². The van der Waals surface area contributed by atoms with Crippen molar-refractivity contribution >= 4 is 16.9 Å². The lowest BCUT2D eigenvalue weighted by Gasteiger charge is -2.25. The average molecular weight is 606 g/mol. The summed E-state index contributed by atoms with van der Waals surface area (Å²) in [5.41, 5.74) is 1.50. The summed E-state index contributed by atoms with van der Waals surface area (Å²) in [7, 11) is 1.57. The number of para-hydroxylation sites is 1. The molecular weight excluding hydrogens is 562 g/mol.